The van der Waals surface area contributed by atoms with Crippen LogP contribution in [0.2, 0.25) is 0 Å². The van der Waals surface area contributed by atoms with Crippen LogP contribution >= 0.6 is 0 Å². The molecule has 1 unspecified atom stereocenters. The third-order valence-corrected chi connectivity index (χ3v) is 2.45. The Labute approximate surface area is 84.2 Å². The molecule has 0 aromatic heterocycles. The van der Waals surface area contributed by atoms with Crippen molar-refractivity contribution in [3.8, 4) is 12.3 Å². The average Bonchev–Trinajstić information content (AvgIpc) is 2.10. The van der Waals surface area contributed by atoms with E-state index < -0.39 is 6.04 Å². The Bertz CT molecular complexity index is 241. The van der Waals surface area contributed by atoms with Crippen LogP contribution in [0.5, 0.6) is 0 Å². The first-order valence-electron chi connectivity index (χ1n) is 4.69. The molecule has 0 bridgehead atoms. The summed E-state index contributed by atoms with van der Waals surface area (Å²) in [5.41, 5.74) is 5.54. The largest absolute Gasteiger partial charge is 0.381 e. The van der Waals surface area contributed by atoms with Crippen LogP contribution in [0, 0.1) is 12.3 Å². The molecule has 1 aliphatic rings. The Morgan fingerprint density at radius 3 is 2.93 bits per heavy atom. The molecule has 0 aromatic rings. The van der Waals surface area contributed by atoms with E-state index in [4.69, 9.17) is 16.9 Å². The van der Waals surface area contributed by atoms with Gasteiger partial charge in [0.15, 0.2) is 0 Å². The highest BCUT2D eigenvalue weighted by Gasteiger charge is 2.30. The van der Waals surface area contributed by atoms with Gasteiger partial charge in [-0.05, 0) is 12.8 Å². The van der Waals surface area contributed by atoms with Crippen molar-refractivity contribution in [3.63, 3.8) is 0 Å². The van der Waals surface area contributed by atoms with Crippen LogP contribution in [0.15, 0.2) is 0 Å². The quantitative estimate of drug-likeness (QED) is 0.603. The highest BCUT2D eigenvalue weighted by atomic mass is 16.5. The van der Waals surface area contributed by atoms with Gasteiger partial charge in [0.2, 0.25) is 5.91 Å². The second-order valence-corrected chi connectivity index (χ2v) is 3.55. The molecule has 0 saturated heterocycles. The van der Waals surface area contributed by atoms with E-state index in [2.05, 4.69) is 11.2 Å². The van der Waals surface area contributed by atoms with Gasteiger partial charge < -0.3 is 15.8 Å². The number of nitrogens with one attached hydrogen (secondary N) is 1. The normalized spacial score (nSPS) is 27.2. The topological polar surface area (TPSA) is 64.4 Å². The minimum atomic E-state index is -0.582. The second kappa shape index (κ2) is 4.99. The third kappa shape index (κ3) is 2.72. The van der Waals surface area contributed by atoms with Crippen LogP contribution in [-0.2, 0) is 9.53 Å². The van der Waals surface area contributed by atoms with Gasteiger partial charge in [0.1, 0.15) is 0 Å². The average molecular weight is 196 g/mol. The minimum absolute atomic E-state index is 0.164. The van der Waals surface area contributed by atoms with Crippen molar-refractivity contribution in [3.05, 3.63) is 0 Å². The molecule has 0 aromatic carbocycles. The number of carbonyl (C=O) groups is 1. The molecule has 0 spiro atoms. The van der Waals surface area contributed by atoms with Gasteiger partial charge in [0.25, 0.3) is 0 Å². The first-order chi connectivity index (χ1) is 6.67. The van der Waals surface area contributed by atoms with Crippen LogP contribution in [0.1, 0.15) is 19.3 Å². The minimum Gasteiger partial charge on any atom is -0.381 e. The maximum absolute atomic E-state index is 11.4. The second-order valence-electron chi connectivity index (χ2n) is 3.55. The molecule has 0 aliphatic heterocycles. The van der Waals surface area contributed by atoms with Crippen LogP contribution < -0.4 is 11.1 Å². The molecule has 1 saturated carbocycles. The number of amides is 1. The summed E-state index contributed by atoms with van der Waals surface area (Å²) in [5.74, 6) is 2.20. The number of nitrogens with two attached hydrogens (primary N) is 1. The molecule has 1 amide bonds. The van der Waals surface area contributed by atoms with E-state index in [9.17, 15) is 4.79 Å². The summed E-state index contributed by atoms with van der Waals surface area (Å²) in [6, 6.07) is -0.377. The lowest BCUT2D eigenvalue weighted by Crippen LogP contribution is -2.52. The fraction of sp³-hybridized carbons (Fsp3) is 0.700. The van der Waals surface area contributed by atoms with Crippen molar-refractivity contribution >= 4 is 5.91 Å². The lowest BCUT2D eigenvalue weighted by atomic mass is 9.89. The zero-order chi connectivity index (χ0) is 10.6. The first-order valence-corrected chi connectivity index (χ1v) is 4.69. The SMILES string of the molecule is C#CCC(N)C(=O)NC1CC(OC)C1. The number of hydrogen-bond acceptors (Lipinski definition) is 3. The summed E-state index contributed by atoms with van der Waals surface area (Å²) in [6.07, 6.45) is 7.36. The van der Waals surface area contributed by atoms with E-state index in [1.54, 1.807) is 7.11 Å². The zero-order valence-corrected chi connectivity index (χ0v) is 8.32. The molecule has 1 aliphatic carbocycles. The van der Waals surface area contributed by atoms with Crippen molar-refractivity contribution in [1.29, 1.82) is 0 Å². The fourth-order valence-corrected chi connectivity index (χ4v) is 1.40. The standard InChI is InChI=1S/C10H16N2O2/c1-3-4-9(11)10(13)12-7-5-8(6-7)14-2/h1,7-9H,4-6,11H2,2H3,(H,12,13). The Balaban J connectivity index is 2.19. The van der Waals surface area contributed by atoms with Crippen molar-refractivity contribution in [2.24, 2.45) is 5.73 Å². The molecule has 3 N–H and O–H groups in total. The van der Waals surface area contributed by atoms with Gasteiger partial charge in [-0.3, -0.25) is 4.79 Å². The Hall–Kier alpha value is -1.05. The highest BCUT2D eigenvalue weighted by molar-refractivity contribution is 5.82. The molecule has 0 radical (unpaired) electrons. The molecule has 0 heterocycles. The summed E-state index contributed by atoms with van der Waals surface area (Å²) in [6.45, 7) is 0. The monoisotopic (exact) mass is 196 g/mol. The smallest absolute Gasteiger partial charge is 0.238 e. The lowest BCUT2D eigenvalue weighted by Gasteiger charge is -2.35. The maximum Gasteiger partial charge on any atom is 0.238 e. The van der Waals surface area contributed by atoms with Crippen molar-refractivity contribution < 1.29 is 9.53 Å². The number of methoxy groups -OCH3 is 1. The number of carbonyl (C=O) groups excluding carboxylic acids is 1. The van der Waals surface area contributed by atoms with E-state index in [-0.39, 0.29) is 24.5 Å². The van der Waals surface area contributed by atoms with E-state index in [1.807, 2.05) is 0 Å². The fourth-order valence-electron chi connectivity index (χ4n) is 1.40. The summed E-state index contributed by atoms with van der Waals surface area (Å²) in [5, 5.41) is 2.83. The van der Waals surface area contributed by atoms with Crippen molar-refractivity contribution in [1.82, 2.24) is 5.32 Å². The van der Waals surface area contributed by atoms with Crippen LogP contribution in [0.4, 0.5) is 0 Å². The first kappa shape index (κ1) is 11.0. The van der Waals surface area contributed by atoms with Crippen LogP contribution in [0.3, 0.4) is 0 Å². The number of terminal acetylenes is 1. The van der Waals surface area contributed by atoms with Crippen molar-refractivity contribution in [2.45, 2.75) is 37.5 Å². The van der Waals surface area contributed by atoms with Gasteiger partial charge in [-0.1, -0.05) is 0 Å². The van der Waals surface area contributed by atoms with E-state index >= 15 is 0 Å². The summed E-state index contributed by atoms with van der Waals surface area (Å²) in [4.78, 5) is 11.4. The summed E-state index contributed by atoms with van der Waals surface area (Å²) in [7, 11) is 1.67. The zero-order valence-electron chi connectivity index (χ0n) is 8.32. The molecule has 1 atom stereocenters. The maximum atomic E-state index is 11.4. The van der Waals surface area contributed by atoms with Gasteiger partial charge in [-0.25, -0.2) is 0 Å². The third-order valence-electron chi connectivity index (χ3n) is 2.45. The molecule has 1 rings (SSSR count). The molecule has 1 fully saturated rings. The van der Waals surface area contributed by atoms with E-state index in [1.165, 1.54) is 0 Å². The van der Waals surface area contributed by atoms with E-state index in [0.29, 0.717) is 0 Å². The van der Waals surface area contributed by atoms with Gasteiger partial charge in [0, 0.05) is 19.6 Å². The van der Waals surface area contributed by atoms with Crippen LogP contribution in [0.25, 0.3) is 0 Å². The van der Waals surface area contributed by atoms with Crippen molar-refractivity contribution in [2.75, 3.05) is 7.11 Å². The Morgan fingerprint density at radius 1 is 1.79 bits per heavy atom. The van der Waals surface area contributed by atoms with Gasteiger partial charge in [-0.2, -0.15) is 0 Å². The Morgan fingerprint density at radius 2 is 2.43 bits per heavy atom. The Kier molecular flexibility index (Phi) is 3.93. The lowest BCUT2D eigenvalue weighted by molar-refractivity contribution is -0.124. The van der Waals surface area contributed by atoms with Gasteiger partial charge in [-0.15, -0.1) is 12.3 Å². The molecule has 4 heteroatoms. The molecule has 4 nitrogen and oxygen atoms in total. The highest BCUT2D eigenvalue weighted by Crippen LogP contribution is 2.22. The molecular weight excluding hydrogens is 180 g/mol. The van der Waals surface area contributed by atoms with Gasteiger partial charge >= 0.3 is 0 Å². The molecule has 78 valence electrons. The summed E-state index contributed by atoms with van der Waals surface area (Å²) < 4.78 is 5.09. The van der Waals surface area contributed by atoms with Gasteiger partial charge in [0.05, 0.1) is 12.1 Å². The van der Waals surface area contributed by atoms with E-state index in [0.717, 1.165) is 12.8 Å². The summed E-state index contributed by atoms with van der Waals surface area (Å²) >= 11 is 0. The van der Waals surface area contributed by atoms with Crippen LogP contribution in [-0.4, -0.2) is 31.2 Å². The number of hydrogen-bond donors (Lipinski definition) is 2. The molecule has 14 heavy (non-hydrogen) atoms. The number of ether oxygens (including phenoxy) is 1. The molecular formula is C10H16N2O2. The number of rotatable bonds is 4. The predicted octanol–water partition coefficient (Wildman–Crippen LogP) is -0.369. The predicted molar refractivity (Wildman–Crippen MR) is 53.4 cm³/mol.